The van der Waals surface area contributed by atoms with E-state index in [2.05, 4.69) is 17.6 Å². The number of benzene rings is 1. The molecule has 1 unspecified atom stereocenters. The number of carbonyl (C=O) groups excluding carboxylic acids is 1. The third-order valence-corrected chi connectivity index (χ3v) is 3.02. The van der Waals surface area contributed by atoms with Crippen LogP contribution in [0.4, 0.5) is 5.69 Å². The first kappa shape index (κ1) is 14.0. The summed E-state index contributed by atoms with van der Waals surface area (Å²) in [6.07, 6.45) is 0.998. The van der Waals surface area contributed by atoms with Crippen molar-refractivity contribution >= 4 is 23.2 Å². The summed E-state index contributed by atoms with van der Waals surface area (Å²) in [5.74, 6) is -0.0681. The summed E-state index contributed by atoms with van der Waals surface area (Å²) in [7, 11) is 0. The zero-order chi connectivity index (χ0) is 12.8. The number of anilines is 1. The Morgan fingerprint density at radius 1 is 1.47 bits per heavy atom. The van der Waals surface area contributed by atoms with Crippen molar-refractivity contribution in [1.29, 1.82) is 0 Å². The zero-order valence-corrected chi connectivity index (χ0v) is 11.3. The Kier molecular flexibility index (Phi) is 5.45. The van der Waals surface area contributed by atoms with E-state index in [0.717, 1.165) is 12.0 Å². The predicted molar refractivity (Wildman–Crippen MR) is 72.6 cm³/mol. The number of aryl methyl sites for hydroxylation is 1. The molecule has 0 aliphatic rings. The van der Waals surface area contributed by atoms with Crippen LogP contribution in [0.15, 0.2) is 18.2 Å². The van der Waals surface area contributed by atoms with Crippen LogP contribution in [-0.2, 0) is 4.79 Å². The number of hydrogen-bond acceptors (Lipinski definition) is 2. The summed E-state index contributed by atoms with van der Waals surface area (Å²) in [4.78, 5) is 11.7. The summed E-state index contributed by atoms with van der Waals surface area (Å²) in [5.41, 5.74) is 1.67. The normalized spacial score (nSPS) is 12.2. The van der Waals surface area contributed by atoms with Crippen LogP contribution in [0.1, 0.15) is 25.8 Å². The molecule has 0 aliphatic carbocycles. The fraction of sp³-hybridized carbons (Fsp3) is 0.462. The third kappa shape index (κ3) is 4.36. The van der Waals surface area contributed by atoms with Gasteiger partial charge in [0.2, 0.25) is 5.91 Å². The minimum Gasteiger partial charge on any atom is -0.323 e. The van der Waals surface area contributed by atoms with Crippen LogP contribution >= 0.6 is 11.6 Å². The number of hydrogen-bond donors (Lipinski definition) is 2. The average Bonchev–Trinajstić information content (AvgIpc) is 2.31. The van der Waals surface area contributed by atoms with Crippen molar-refractivity contribution < 1.29 is 4.79 Å². The van der Waals surface area contributed by atoms with Crippen molar-refractivity contribution in [2.45, 2.75) is 33.2 Å². The minimum atomic E-state index is -0.0681. The second kappa shape index (κ2) is 6.62. The summed E-state index contributed by atoms with van der Waals surface area (Å²) >= 11 is 6.03. The summed E-state index contributed by atoms with van der Waals surface area (Å²) < 4.78 is 0. The fourth-order valence-corrected chi connectivity index (χ4v) is 1.65. The largest absolute Gasteiger partial charge is 0.323 e. The summed E-state index contributed by atoms with van der Waals surface area (Å²) in [6, 6.07) is 5.90. The van der Waals surface area contributed by atoms with E-state index in [9.17, 15) is 4.79 Å². The maximum absolute atomic E-state index is 11.7. The standard InChI is InChI=1S/C13H19ClN2O/c1-4-10(3)15-8-12(17)16-13-9(2)6-5-7-11(13)14/h5-7,10,15H,4,8H2,1-3H3,(H,16,17). The van der Waals surface area contributed by atoms with E-state index in [1.807, 2.05) is 26.0 Å². The zero-order valence-electron chi connectivity index (χ0n) is 10.5. The van der Waals surface area contributed by atoms with E-state index >= 15 is 0 Å². The van der Waals surface area contributed by atoms with Crippen LogP contribution < -0.4 is 10.6 Å². The van der Waals surface area contributed by atoms with E-state index in [1.54, 1.807) is 6.07 Å². The molecule has 1 atom stereocenters. The molecule has 0 radical (unpaired) electrons. The molecule has 1 amide bonds. The molecule has 4 heteroatoms. The molecule has 1 rings (SSSR count). The van der Waals surface area contributed by atoms with Gasteiger partial charge in [0, 0.05) is 6.04 Å². The summed E-state index contributed by atoms with van der Waals surface area (Å²) in [6.45, 7) is 6.35. The lowest BCUT2D eigenvalue weighted by Crippen LogP contribution is -2.34. The van der Waals surface area contributed by atoms with Gasteiger partial charge >= 0.3 is 0 Å². The molecule has 0 aromatic heterocycles. The van der Waals surface area contributed by atoms with E-state index in [4.69, 9.17) is 11.6 Å². The molecule has 0 saturated carbocycles. The molecule has 0 heterocycles. The second-order valence-corrected chi connectivity index (χ2v) is 4.58. The molecule has 0 saturated heterocycles. The van der Waals surface area contributed by atoms with Crippen molar-refractivity contribution in [3.05, 3.63) is 28.8 Å². The lowest BCUT2D eigenvalue weighted by Gasteiger charge is -2.13. The number of amides is 1. The van der Waals surface area contributed by atoms with Crippen molar-refractivity contribution in [3.63, 3.8) is 0 Å². The average molecular weight is 255 g/mol. The molecule has 1 aromatic carbocycles. The molecule has 0 aliphatic heterocycles. The van der Waals surface area contributed by atoms with Crippen molar-refractivity contribution in [1.82, 2.24) is 5.32 Å². The SMILES string of the molecule is CCC(C)NCC(=O)Nc1c(C)cccc1Cl. The highest BCUT2D eigenvalue weighted by Gasteiger charge is 2.08. The van der Waals surface area contributed by atoms with Gasteiger partial charge in [-0.1, -0.05) is 30.7 Å². The number of halogens is 1. The van der Waals surface area contributed by atoms with Crippen LogP contribution in [-0.4, -0.2) is 18.5 Å². The molecule has 0 spiro atoms. The van der Waals surface area contributed by atoms with Gasteiger partial charge in [0.05, 0.1) is 17.3 Å². The first-order valence-corrected chi connectivity index (χ1v) is 6.20. The third-order valence-electron chi connectivity index (χ3n) is 2.71. The first-order chi connectivity index (χ1) is 8.04. The van der Waals surface area contributed by atoms with Gasteiger partial charge in [-0.05, 0) is 31.9 Å². The highest BCUT2D eigenvalue weighted by atomic mass is 35.5. The Morgan fingerprint density at radius 3 is 2.76 bits per heavy atom. The highest BCUT2D eigenvalue weighted by molar-refractivity contribution is 6.33. The van der Waals surface area contributed by atoms with Gasteiger partial charge in [0.1, 0.15) is 0 Å². The Hall–Kier alpha value is -1.06. The number of nitrogens with one attached hydrogen (secondary N) is 2. The molecular formula is C13H19ClN2O. The van der Waals surface area contributed by atoms with E-state index in [0.29, 0.717) is 23.3 Å². The molecular weight excluding hydrogens is 236 g/mol. The van der Waals surface area contributed by atoms with Crippen LogP contribution in [0, 0.1) is 6.92 Å². The van der Waals surface area contributed by atoms with Gasteiger partial charge in [0.25, 0.3) is 0 Å². The van der Waals surface area contributed by atoms with Crippen molar-refractivity contribution in [3.8, 4) is 0 Å². The molecule has 0 fully saturated rings. The Morgan fingerprint density at radius 2 is 2.18 bits per heavy atom. The molecule has 1 aromatic rings. The number of rotatable bonds is 5. The molecule has 3 nitrogen and oxygen atoms in total. The van der Waals surface area contributed by atoms with E-state index < -0.39 is 0 Å². The number of carbonyl (C=O) groups is 1. The first-order valence-electron chi connectivity index (χ1n) is 5.83. The maximum Gasteiger partial charge on any atom is 0.238 e. The number of para-hydroxylation sites is 1. The van der Waals surface area contributed by atoms with Gasteiger partial charge in [-0.3, -0.25) is 4.79 Å². The Balaban J connectivity index is 2.56. The van der Waals surface area contributed by atoms with E-state index in [-0.39, 0.29) is 5.91 Å². The lowest BCUT2D eigenvalue weighted by atomic mass is 10.2. The van der Waals surface area contributed by atoms with Gasteiger partial charge < -0.3 is 10.6 Å². The quantitative estimate of drug-likeness (QED) is 0.848. The second-order valence-electron chi connectivity index (χ2n) is 4.17. The Labute approximate surface area is 108 Å². The van der Waals surface area contributed by atoms with Crippen LogP contribution in [0.2, 0.25) is 5.02 Å². The predicted octanol–water partition coefficient (Wildman–Crippen LogP) is 2.98. The summed E-state index contributed by atoms with van der Waals surface area (Å²) in [5, 5.41) is 6.53. The Bertz CT molecular complexity index is 373. The molecule has 2 N–H and O–H groups in total. The fourth-order valence-electron chi connectivity index (χ4n) is 1.39. The maximum atomic E-state index is 11.7. The van der Waals surface area contributed by atoms with Crippen LogP contribution in [0.5, 0.6) is 0 Å². The highest BCUT2D eigenvalue weighted by Crippen LogP contribution is 2.24. The molecule has 17 heavy (non-hydrogen) atoms. The van der Waals surface area contributed by atoms with Gasteiger partial charge in [0.15, 0.2) is 0 Å². The smallest absolute Gasteiger partial charge is 0.238 e. The van der Waals surface area contributed by atoms with Crippen molar-refractivity contribution in [2.75, 3.05) is 11.9 Å². The van der Waals surface area contributed by atoms with Gasteiger partial charge in [-0.15, -0.1) is 0 Å². The molecule has 94 valence electrons. The van der Waals surface area contributed by atoms with Crippen molar-refractivity contribution in [2.24, 2.45) is 0 Å². The van der Waals surface area contributed by atoms with Gasteiger partial charge in [-0.25, -0.2) is 0 Å². The minimum absolute atomic E-state index is 0.0681. The van der Waals surface area contributed by atoms with E-state index in [1.165, 1.54) is 0 Å². The van der Waals surface area contributed by atoms with Gasteiger partial charge in [-0.2, -0.15) is 0 Å². The molecule has 0 bridgehead atoms. The van der Waals surface area contributed by atoms with Crippen LogP contribution in [0.25, 0.3) is 0 Å². The van der Waals surface area contributed by atoms with Crippen LogP contribution in [0.3, 0.4) is 0 Å². The monoisotopic (exact) mass is 254 g/mol. The lowest BCUT2D eigenvalue weighted by molar-refractivity contribution is -0.115. The topological polar surface area (TPSA) is 41.1 Å².